The minimum Gasteiger partial charge on any atom is -0.369 e. The van der Waals surface area contributed by atoms with Crippen LogP contribution in [0.15, 0.2) is 42.7 Å². The first-order chi connectivity index (χ1) is 9.20. The van der Waals surface area contributed by atoms with E-state index in [1.807, 2.05) is 32.4 Å². The van der Waals surface area contributed by atoms with Crippen molar-refractivity contribution >= 4 is 5.69 Å². The molecule has 0 aliphatic carbocycles. The molecule has 0 bridgehead atoms. The van der Waals surface area contributed by atoms with Crippen molar-refractivity contribution in [2.75, 3.05) is 19.0 Å². The van der Waals surface area contributed by atoms with Gasteiger partial charge in [0.15, 0.2) is 0 Å². The van der Waals surface area contributed by atoms with Crippen molar-refractivity contribution < 1.29 is 4.39 Å². The van der Waals surface area contributed by atoms with Crippen molar-refractivity contribution in [2.45, 2.75) is 13.1 Å². The number of nitrogens with one attached hydrogen (secondary N) is 1. The summed E-state index contributed by atoms with van der Waals surface area (Å²) in [7, 11) is 3.90. The minimum atomic E-state index is -0.201. The third-order valence-corrected chi connectivity index (χ3v) is 2.97. The molecule has 1 aromatic heterocycles. The van der Waals surface area contributed by atoms with Gasteiger partial charge in [-0.25, -0.2) is 4.39 Å². The fraction of sp³-hybridized carbons (Fsp3) is 0.267. The molecular formula is C15H18FN3. The van der Waals surface area contributed by atoms with Crippen molar-refractivity contribution in [3.05, 3.63) is 59.7 Å². The number of benzene rings is 1. The molecule has 0 aliphatic heterocycles. The van der Waals surface area contributed by atoms with Crippen LogP contribution >= 0.6 is 0 Å². The number of rotatable bonds is 5. The van der Waals surface area contributed by atoms with Crippen LogP contribution in [0, 0.1) is 5.82 Å². The third-order valence-electron chi connectivity index (χ3n) is 2.97. The van der Waals surface area contributed by atoms with Gasteiger partial charge in [0.2, 0.25) is 0 Å². The van der Waals surface area contributed by atoms with Gasteiger partial charge in [-0.15, -0.1) is 0 Å². The van der Waals surface area contributed by atoms with Gasteiger partial charge in [0, 0.05) is 26.3 Å². The van der Waals surface area contributed by atoms with Gasteiger partial charge < -0.3 is 10.2 Å². The van der Waals surface area contributed by atoms with E-state index in [2.05, 4.69) is 15.2 Å². The summed E-state index contributed by atoms with van der Waals surface area (Å²) in [5, 5.41) is 3.14. The van der Waals surface area contributed by atoms with E-state index in [0.29, 0.717) is 6.54 Å². The molecule has 0 saturated heterocycles. The summed E-state index contributed by atoms with van der Waals surface area (Å²) in [6.45, 7) is 1.44. The Balaban J connectivity index is 2.17. The number of hydrogen-bond acceptors (Lipinski definition) is 3. The van der Waals surface area contributed by atoms with Crippen LogP contribution in [0.25, 0.3) is 0 Å². The molecule has 0 radical (unpaired) electrons. The second kappa shape index (κ2) is 6.29. The van der Waals surface area contributed by atoms with Crippen LogP contribution in [-0.2, 0) is 13.1 Å². The van der Waals surface area contributed by atoms with Crippen LogP contribution in [0.3, 0.4) is 0 Å². The van der Waals surface area contributed by atoms with Gasteiger partial charge in [0.25, 0.3) is 0 Å². The van der Waals surface area contributed by atoms with Gasteiger partial charge in [0.05, 0.1) is 11.9 Å². The fourth-order valence-corrected chi connectivity index (χ4v) is 2.09. The summed E-state index contributed by atoms with van der Waals surface area (Å²) in [5.74, 6) is -0.201. The van der Waals surface area contributed by atoms with Gasteiger partial charge in [0.1, 0.15) is 5.82 Å². The fourth-order valence-electron chi connectivity index (χ4n) is 2.09. The van der Waals surface area contributed by atoms with Gasteiger partial charge in [-0.1, -0.05) is 12.1 Å². The molecule has 0 aliphatic rings. The number of nitrogens with zero attached hydrogens (tertiary/aromatic N) is 2. The van der Waals surface area contributed by atoms with Crippen LogP contribution in [0.1, 0.15) is 11.1 Å². The molecule has 0 saturated carbocycles. The molecule has 0 atom stereocenters. The van der Waals surface area contributed by atoms with E-state index < -0.39 is 0 Å². The standard InChI is InChI=1S/C15H18FN3/c1-17-9-13-6-7-18-10-15(13)19(2)11-12-4-3-5-14(16)8-12/h3-8,10,17H,9,11H2,1-2H3. The highest BCUT2D eigenvalue weighted by molar-refractivity contribution is 5.51. The van der Waals surface area contributed by atoms with E-state index in [1.54, 1.807) is 18.3 Å². The molecule has 3 nitrogen and oxygen atoms in total. The molecule has 2 rings (SSSR count). The van der Waals surface area contributed by atoms with Gasteiger partial charge in [-0.3, -0.25) is 4.98 Å². The zero-order chi connectivity index (χ0) is 13.7. The largest absolute Gasteiger partial charge is 0.369 e. The van der Waals surface area contributed by atoms with Crippen molar-refractivity contribution in [3.63, 3.8) is 0 Å². The first-order valence-electron chi connectivity index (χ1n) is 6.24. The van der Waals surface area contributed by atoms with Crippen molar-refractivity contribution in [1.29, 1.82) is 0 Å². The maximum absolute atomic E-state index is 13.2. The number of aromatic nitrogens is 1. The SMILES string of the molecule is CNCc1ccncc1N(C)Cc1cccc(F)c1. The second-order valence-electron chi connectivity index (χ2n) is 4.52. The topological polar surface area (TPSA) is 28.2 Å². The molecule has 1 N–H and O–H groups in total. The Morgan fingerprint density at radius 1 is 1.32 bits per heavy atom. The Bertz CT molecular complexity index is 542. The Labute approximate surface area is 113 Å². The summed E-state index contributed by atoms with van der Waals surface area (Å²) in [6.07, 6.45) is 3.62. The van der Waals surface area contributed by atoms with Crippen LogP contribution in [0.4, 0.5) is 10.1 Å². The molecule has 1 heterocycles. The zero-order valence-corrected chi connectivity index (χ0v) is 11.2. The lowest BCUT2D eigenvalue weighted by atomic mass is 10.1. The van der Waals surface area contributed by atoms with E-state index in [0.717, 1.165) is 17.8 Å². The molecule has 0 amide bonds. The monoisotopic (exact) mass is 259 g/mol. The smallest absolute Gasteiger partial charge is 0.123 e. The van der Waals surface area contributed by atoms with E-state index in [1.165, 1.54) is 11.6 Å². The van der Waals surface area contributed by atoms with Gasteiger partial charge in [-0.05, 0) is 36.4 Å². The van der Waals surface area contributed by atoms with E-state index in [-0.39, 0.29) is 5.82 Å². The number of hydrogen-bond donors (Lipinski definition) is 1. The van der Waals surface area contributed by atoms with Crippen LogP contribution in [-0.4, -0.2) is 19.1 Å². The summed E-state index contributed by atoms with van der Waals surface area (Å²) in [6, 6.07) is 8.67. The summed E-state index contributed by atoms with van der Waals surface area (Å²) < 4.78 is 13.2. The number of halogens is 1. The normalized spacial score (nSPS) is 10.5. The molecule has 0 spiro atoms. The lowest BCUT2D eigenvalue weighted by Crippen LogP contribution is -2.20. The Morgan fingerprint density at radius 2 is 2.16 bits per heavy atom. The summed E-state index contributed by atoms with van der Waals surface area (Å²) >= 11 is 0. The second-order valence-corrected chi connectivity index (χ2v) is 4.52. The predicted molar refractivity (Wildman–Crippen MR) is 75.5 cm³/mol. The number of anilines is 1. The van der Waals surface area contributed by atoms with Crippen molar-refractivity contribution in [3.8, 4) is 0 Å². The Hall–Kier alpha value is -1.94. The molecule has 0 fully saturated rings. The van der Waals surface area contributed by atoms with Crippen LogP contribution in [0.5, 0.6) is 0 Å². The van der Waals surface area contributed by atoms with Crippen molar-refractivity contribution in [2.24, 2.45) is 0 Å². The van der Waals surface area contributed by atoms with Crippen LogP contribution < -0.4 is 10.2 Å². The molecule has 4 heteroatoms. The molecule has 1 aromatic carbocycles. The van der Waals surface area contributed by atoms with Crippen molar-refractivity contribution in [1.82, 2.24) is 10.3 Å². The molecule has 2 aromatic rings. The van der Waals surface area contributed by atoms with E-state index in [4.69, 9.17) is 0 Å². The highest BCUT2D eigenvalue weighted by Crippen LogP contribution is 2.19. The first kappa shape index (κ1) is 13.5. The quantitative estimate of drug-likeness (QED) is 0.894. The van der Waals surface area contributed by atoms with E-state index in [9.17, 15) is 4.39 Å². The first-order valence-corrected chi connectivity index (χ1v) is 6.24. The van der Waals surface area contributed by atoms with Crippen LogP contribution in [0.2, 0.25) is 0 Å². The maximum Gasteiger partial charge on any atom is 0.123 e. The highest BCUT2D eigenvalue weighted by atomic mass is 19.1. The Kier molecular flexibility index (Phi) is 4.47. The lowest BCUT2D eigenvalue weighted by molar-refractivity contribution is 0.625. The highest BCUT2D eigenvalue weighted by Gasteiger charge is 2.08. The number of pyridine rings is 1. The zero-order valence-electron chi connectivity index (χ0n) is 11.2. The summed E-state index contributed by atoms with van der Waals surface area (Å²) in [5.41, 5.74) is 3.18. The molecule has 100 valence electrons. The average molecular weight is 259 g/mol. The average Bonchev–Trinajstić information content (AvgIpc) is 2.39. The molecule has 19 heavy (non-hydrogen) atoms. The lowest BCUT2D eigenvalue weighted by Gasteiger charge is -2.22. The van der Waals surface area contributed by atoms with Gasteiger partial charge in [-0.2, -0.15) is 0 Å². The molecule has 0 unspecified atom stereocenters. The van der Waals surface area contributed by atoms with E-state index >= 15 is 0 Å². The van der Waals surface area contributed by atoms with Gasteiger partial charge >= 0.3 is 0 Å². The Morgan fingerprint density at radius 3 is 2.89 bits per heavy atom. The summed E-state index contributed by atoms with van der Waals surface area (Å²) in [4.78, 5) is 6.24. The third kappa shape index (κ3) is 3.51. The molecular weight excluding hydrogens is 241 g/mol. The maximum atomic E-state index is 13.2. The predicted octanol–water partition coefficient (Wildman–Crippen LogP) is 2.58. The minimum absolute atomic E-state index is 0.201.